The highest BCUT2D eigenvalue weighted by atomic mass is 28.4. The molecule has 0 aromatic carbocycles. The molecule has 3 aliphatic heterocycles. The van der Waals surface area contributed by atoms with Gasteiger partial charge in [-0.25, -0.2) is 0 Å². The van der Waals surface area contributed by atoms with Gasteiger partial charge in [-0.15, -0.1) is 0 Å². The maximum atomic E-state index is 12.6. The van der Waals surface area contributed by atoms with E-state index in [0.29, 0.717) is 29.6 Å². The molecule has 0 unspecified atom stereocenters. The van der Waals surface area contributed by atoms with Gasteiger partial charge >= 0.3 is 0 Å². The zero-order valence-electron chi connectivity index (χ0n) is 17.7. The van der Waals surface area contributed by atoms with Gasteiger partial charge in [-0.3, -0.25) is 4.79 Å². The Morgan fingerprint density at radius 2 is 1.65 bits per heavy atom. The number of hydrogen-bond acceptors (Lipinski definition) is 4. The van der Waals surface area contributed by atoms with Crippen molar-refractivity contribution in [1.29, 1.82) is 0 Å². The monoisotopic (exact) mass is 383 g/mol. The molecule has 6 heteroatoms. The van der Waals surface area contributed by atoms with Crippen LogP contribution in [0.25, 0.3) is 0 Å². The number of hydrogen-bond donors (Lipinski definition) is 0. The molecule has 0 aromatic rings. The molecule has 1 amide bonds. The fraction of sp³-hybridized carbons (Fsp3) is 0.950. The van der Waals surface area contributed by atoms with Crippen LogP contribution in [-0.4, -0.2) is 55.8 Å². The van der Waals surface area contributed by atoms with Crippen molar-refractivity contribution >= 4 is 14.2 Å². The highest BCUT2D eigenvalue weighted by Gasteiger charge is 2.59. The molecule has 0 saturated carbocycles. The van der Waals surface area contributed by atoms with Crippen molar-refractivity contribution in [2.24, 2.45) is 0 Å². The molecule has 26 heavy (non-hydrogen) atoms. The van der Waals surface area contributed by atoms with Crippen molar-refractivity contribution in [2.45, 2.75) is 115 Å². The van der Waals surface area contributed by atoms with Crippen molar-refractivity contribution in [2.75, 3.05) is 6.54 Å². The van der Waals surface area contributed by atoms with Crippen LogP contribution in [0.5, 0.6) is 0 Å². The maximum absolute atomic E-state index is 12.6. The molecule has 150 valence electrons. The Kier molecular flexibility index (Phi) is 5.36. The van der Waals surface area contributed by atoms with Gasteiger partial charge in [-0.1, -0.05) is 41.5 Å². The summed E-state index contributed by atoms with van der Waals surface area (Å²) in [6.45, 7) is 18.4. The molecule has 3 heterocycles. The summed E-state index contributed by atoms with van der Waals surface area (Å²) < 4.78 is 19.4. The molecule has 3 rings (SSSR count). The number of amides is 1. The predicted octanol–water partition coefficient (Wildman–Crippen LogP) is 4.07. The van der Waals surface area contributed by atoms with Gasteiger partial charge in [0.15, 0.2) is 5.79 Å². The summed E-state index contributed by atoms with van der Waals surface area (Å²) in [4.78, 5) is 14.5. The summed E-state index contributed by atoms with van der Waals surface area (Å²) >= 11 is 0. The minimum Gasteiger partial charge on any atom is -0.411 e. The third-order valence-corrected chi connectivity index (χ3v) is 12.8. The van der Waals surface area contributed by atoms with E-state index >= 15 is 0 Å². The van der Waals surface area contributed by atoms with Crippen LogP contribution < -0.4 is 0 Å². The van der Waals surface area contributed by atoms with Crippen LogP contribution in [0.3, 0.4) is 0 Å². The number of nitrogens with zero attached hydrogens (tertiary/aromatic N) is 1. The Balaban J connectivity index is 1.90. The quantitative estimate of drug-likeness (QED) is 0.672. The molecule has 0 aliphatic carbocycles. The summed E-state index contributed by atoms with van der Waals surface area (Å²) in [5.41, 5.74) is 1.59. The van der Waals surface area contributed by atoms with Gasteiger partial charge < -0.3 is 18.8 Å². The highest BCUT2D eigenvalue weighted by molar-refractivity contribution is 6.77. The number of fused-ring (bicyclic) bond motifs is 3. The Labute approximate surface area is 159 Å². The van der Waals surface area contributed by atoms with Crippen molar-refractivity contribution in [3.05, 3.63) is 0 Å². The largest absolute Gasteiger partial charge is 0.411 e. The van der Waals surface area contributed by atoms with Gasteiger partial charge in [0, 0.05) is 6.42 Å². The number of carbonyl (C=O) groups excluding carboxylic acids is 1. The van der Waals surface area contributed by atoms with Crippen molar-refractivity contribution in [3.8, 4) is 0 Å². The first kappa shape index (κ1) is 20.3. The van der Waals surface area contributed by atoms with Crippen molar-refractivity contribution < 1.29 is 18.7 Å². The highest BCUT2D eigenvalue weighted by Crippen LogP contribution is 2.47. The Bertz CT molecular complexity index is 526. The zero-order chi connectivity index (χ0) is 19.4. The first-order valence-corrected chi connectivity index (χ1v) is 12.5. The summed E-state index contributed by atoms with van der Waals surface area (Å²) in [6.07, 6.45) is 1.32. The SMILES string of the molecule is CC(C)[Si](O[C@@H]1CCC(=O)N2C[C@H]3OC(C)(C)O[C@H]3[C@@H]12)(C(C)C)C(C)C. The molecular weight excluding hydrogens is 346 g/mol. The lowest BCUT2D eigenvalue weighted by Gasteiger charge is -2.48. The van der Waals surface area contributed by atoms with E-state index in [1.165, 1.54) is 0 Å². The van der Waals surface area contributed by atoms with E-state index < -0.39 is 14.1 Å². The molecule has 4 atom stereocenters. The molecule has 0 bridgehead atoms. The predicted molar refractivity (Wildman–Crippen MR) is 104 cm³/mol. The minimum atomic E-state index is -2.01. The lowest BCUT2D eigenvalue weighted by Crippen LogP contribution is -2.59. The third kappa shape index (κ3) is 3.17. The summed E-state index contributed by atoms with van der Waals surface area (Å²) in [7, 11) is -2.01. The van der Waals surface area contributed by atoms with Crippen LogP contribution in [0.2, 0.25) is 16.6 Å². The van der Waals surface area contributed by atoms with Crippen molar-refractivity contribution in [3.63, 3.8) is 0 Å². The smallest absolute Gasteiger partial charge is 0.223 e. The van der Waals surface area contributed by atoms with Crippen LogP contribution in [0.1, 0.15) is 68.2 Å². The van der Waals surface area contributed by atoms with Gasteiger partial charge in [0.25, 0.3) is 0 Å². The Hall–Kier alpha value is -0.433. The second-order valence-corrected chi connectivity index (χ2v) is 15.1. The van der Waals surface area contributed by atoms with E-state index in [9.17, 15) is 4.79 Å². The summed E-state index contributed by atoms with van der Waals surface area (Å²) in [5, 5.41) is 0. The second kappa shape index (κ2) is 6.87. The third-order valence-electron chi connectivity index (χ3n) is 6.70. The first-order chi connectivity index (χ1) is 12.0. The van der Waals surface area contributed by atoms with E-state index in [4.69, 9.17) is 13.9 Å². The Morgan fingerprint density at radius 1 is 1.08 bits per heavy atom. The van der Waals surface area contributed by atoms with Gasteiger partial charge in [0.2, 0.25) is 14.2 Å². The Morgan fingerprint density at radius 3 is 2.19 bits per heavy atom. The normalized spacial score (nSPS) is 34.1. The molecule has 0 N–H and O–H groups in total. The van der Waals surface area contributed by atoms with Crippen LogP contribution in [0.4, 0.5) is 0 Å². The van der Waals surface area contributed by atoms with Crippen LogP contribution >= 0.6 is 0 Å². The lowest BCUT2D eigenvalue weighted by atomic mass is 9.96. The average Bonchev–Trinajstić information content (AvgIpc) is 2.98. The van der Waals surface area contributed by atoms with Gasteiger partial charge in [0.05, 0.1) is 18.7 Å². The fourth-order valence-corrected chi connectivity index (χ4v) is 11.4. The molecule has 3 fully saturated rings. The van der Waals surface area contributed by atoms with E-state index in [2.05, 4.69) is 41.5 Å². The fourth-order valence-electron chi connectivity index (χ4n) is 5.85. The maximum Gasteiger partial charge on any atom is 0.223 e. The standard InChI is InChI=1S/C20H37NO4Si/c1-12(2)26(13(3)4,14(5)6)25-15-9-10-17(22)21-11-16-19(18(15)21)24-20(7,8)23-16/h12-16,18-19H,9-11H2,1-8H3/t15-,16-,18-,19-/m1/s1. The minimum absolute atomic E-state index is 0.00819. The molecule has 0 spiro atoms. The van der Waals surface area contributed by atoms with Gasteiger partial charge in [0.1, 0.15) is 12.2 Å². The number of rotatable bonds is 5. The van der Waals surface area contributed by atoms with E-state index in [-0.39, 0.29) is 30.3 Å². The summed E-state index contributed by atoms with van der Waals surface area (Å²) in [6, 6.07) is -0.00819. The zero-order valence-corrected chi connectivity index (χ0v) is 18.7. The molecular formula is C20H37NO4Si. The van der Waals surface area contributed by atoms with Crippen LogP contribution in [-0.2, 0) is 18.7 Å². The van der Waals surface area contributed by atoms with Crippen LogP contribution in [0, 0.1) is 0 Å². The molecule has 3 saturated heterocycles. The number of ether oxygens (including phenoxy) is 2. The summed E-state index contributed by atoms with van der Waals surface area (Å²) in [5.74, 6) is -0.352. The molecule has 0 aromatic heterocycles. The number of carbonyl (C=O) groups is 1. The molecule has 0 radical (unpaired) electrons. The first-order valence-electron chi connectivity index (χ1n) is 10.3. The van der Waals surface area contributed by atoms with E-state index in [1.807, 2.05) is 18.7 Å². The molecule has 5 nitrogen and oxygen atoms in total. The topological polar surface area (TPSA) is 48.0 Å². The van der Waals surface area contributed by atoms with E-state index in [0.717, 1.165) is 6.42 Å². The average molecular weight is 384 g/mol. The van der Waals surface area contributed by atoms with Gasteiger partial charge in [-0.05, 0) is 36.9 Å². The second-order valence-electron chi connectivity index (χ2n) is 9.69. The molecule has 3 aliphatic rings. The lowest BCUT2D eigenvalue weighted by molar-refractivity contribution is -0.176. The van der Waals surface area contributed by atoms with E-state index in [1.54, 1.807) is 0 Å². The van der Waals surface area contributed by atoms with Gasteiger partial charge in [-0.2, -0.15) is 0 Å². The number of piperidine rings is 1. The van der Waals surface area contributed by atoms with Crippen LogP contribution in [0.15, 0.2) is 0 Å². The van der Waals surface area contributed by atoms with Crippen molar-refractivity contribution in [1.82, 2.24) is 4.90 Å².